The molecule has 0 aliphatic rings. The van der Waals surface area contributed by atoms with Crippen molar-refractivity contribution in [1.82, 2.24) is 53.2 Å². The fourth-order valence-corrected chi connectivity index (χ4v) is 9.23. The van der Waals surface area contributed by atoms with Crippen molar-refractivity contribution in [2.24, 2.45) is 0 Å². The van der Waals surface area contributed by atoms with Crippen molar-refractivity contribution in [1.29, 1.82) is 0 Å². The fraction of sp³-hybridized carbons (Fsp3) is 0.517. The van der Waals surface area contributed by atoms with Crippen LogP contribution in [0.25, 0.3) is 10.8 Å². The molecule has 0 saturated carbocycles. The quantitative estimate of drug-likeness (QED) is 0.0229. The zero-order chi connectivity index (χ0) is 68.1. The van der Waals surface area contributed by atoms with E-state index in [4.69, 9.17) is 5.11 Å². The number of carboxylic acids is 4. The molecule has 31 nitrogen and oxygen atoms in total. The highest BCUT2D eigenvalue weighted by Crippen LogP contribution is 2.19. The predicted molar refractivity (Wildman–Crippen MR) is 331 cm³/mol. The molecule has 8 atom stereocenters. The van der Waals surface area contributed by atoms with Crippen LogP contribution in [-0.2, 0) is 70.4 Å². The maximum Gasteiger partial charge on any atom is 0.326 e. The number of nitrogens with one attached hydrogen (secondary N) is 10. The number of benzene rings is 3. The van der Waals surface area contributed by atoms with Crippen LogP contribution in [0.1, 0.15) is 107 Å². The SMILES string of the molecule is O=C(O)CC[C@H](NC(=O)N[C@@H](CCCCNC(=O)CCCCCCC(=O)NCCCC[C@@H](NC(=O)[C@@H](CCc1ccc2ccccc2c1)NC(=O)[C@@H](Cc1ccc(O)cc1)NC(=O)[C@H](CO)NC(=O)[C@H](CO)NC(=O)[C@H](CO)NC(=O)CS)C(=O)O)C(=O)O)C(=O)O. The van der Waals surface area contributed by atoms with Gasteiger partial charge in [-0.1, -0.05) is 67.4 Å². The summed E-state index contributed by atoms with van der Waals surface area (Å²) in [6, 6.07) is 4.98. The number of rotatable bonds is 45. The molecule has 3 aromatic rings. The van der Waals surface area contributed by atoms with Gasteiger partial charge in [-0.2, -0.15) is 12.6 Å². The van der Waals surface area contributed by atoms with E-state index in [1.165, 1.54) is 24.3 Å². The number of aliphatic hydroxyl groups excluding tert-OH is 3. The second-order valence-corrected chi connectivity index (χ2v) is 21.8. The molecular weight excluding hydrogens is 1230 g/mol. The summed E-state index contributed by atoms with van der Waals surface area (Å²) in [6.45, 7) is -2.61. The smallest absolute Gasteiger partial charge is 0.326 e. The lowest BCUT2D eigenvalue weighted by atomic mass is 9.99. The normalized spacial score (nSPS) is 13.6. The fourth-order valence-electron chi connectivity index (χ4n) is 9.14. The average Bonchev–Trinajstić information content (AvgIpc) is 1.79. The molecule has 0 aliphatic carbocycles. The number of thiol groups is 1. The molecule has 0 aliphatic heterocycles. The van der Waals surface area contributed by atoms with Gasteiger partial charge < -0.3 is 94.0 Å². The number of amides is 10. The third kappa shape index (κ3) is 29.7. The summed E-state index contributed by atoms with van der Waals surface area (Å²) in [5.74, 6) is -12.5. The Morgan fingerprint density at radius 2 is 0.815 bits per heavy atom. The van der Waals surface area contributed by atoms with Gasteiger partial charge in [-0.15, -0.1) is 0 Å². The second kappa shape index (κ2) is 42.0. The zero-order valence-electron chi connectivity index (χ0n) is 50.6. The van der Waals surface area contributed by atoms with Crippen molar-refractivity contribution in [3.05, 3.63) is 77.9 Å². The first-order valence-electron chi connectivity index (χ1n) is 29.9. The molecule has 3 aromatic carbocycles. The van der Waals surface area contributed by atoms with Crippen LogP contribution in [-0.4, -0.2) is 205 Å². The summed E-state index contributed by atoms with van der Waals surface area (Å²) in [5, 5.41) is 103. The van der Waals surface area contributed by atoms with Crippen LogP contribution >= 0.6 is 12.6 Å². The van der Waals surface area contributed by atoms with E-state index in [0.29, 0.717) is 44.1 Å². The Bertz CT molecular complexity index is 2980. The lowest BCUT2D eigenvalue weighted by molar-refractivity contribution is -0.143. The van der Waals surface area contributed by atoms with Crippen LogP contribution in [0, 0.1) is 0 Å². The summed E-state index contributed by atoms with van der Waals surface area (Å²) in [6.07, 6.45) is 2.68. The number of phenolic OH excluding ortho intramolecular Hbond substituents is 1. The highest BCUT2D eigenvalue weighted by atomic mass is 32.1. The summed E-state index contributed by atoms with van der Waals surface area (Å²) < 4.78 is 0. The van der Waals surface area contributed by atoms with E-state index < -0.39 is 146 Å². The minimum absolute atomic E-state index is 0.0315. The third-order valence-electron chi connectivity index (χ3n) is 14.3. The van der Waals surface area contributed by atoms with Gasteiger partial charge in [0.05, 0.1) is 25.6 Å². The number of carboxylic acid groups (broad SMARTS) is 4. The Kier molecular flexibility index (Phi) is 35.2. The number of urea groups is 1. The number of fused-ring (bicyclic) bond motifs is 1. The lowest BCUT2D eigenvalue weighted by Crippen LogP contribution is -2.61. The number of carbonyl (C=O) groups excluding carboxylic acids is 9. The highest BCUT2D eigenvalue weighted by molar-refractivity contribution is 7.81. The van der Waals surface area contributed by atoms with Crippen LogP contribution in [0.4, 0.5) is 4.79 Å². The zero-order valence-corrected chi connectivity index (χ0v) is 51.5. The molecule has 0 heterocycles. The molecule has 3 rings (SSSR count). The third-order valence-corrected chi connectivity index (χ3v) is 14.6. The number of unbranched alkanes of at least 4 members (excludes halogenated alkanes) is 5. The van der Waals surface area contributed by atoms with Crippen molar-refractivity contribution in [3.63, 3.8) is 0 Å². The maximum absolute atomic E-state index is 14.4. The molecule has 10 amide bonds. The molecule has 92 heavy (non-hydrogen) atoms. The van der Waals surface area contributed by atoms with Crippen molar-refractivity contribution in [3.8, 4) is 5.75 Å². The Labute approximate surface area is 534 Å². The Morgan fingerprint density at radius 3 is 1.30 bits per heavy atom. The van der Waals surface area contributed by atoms with Gasteiger partial charge >= 0.3 is 29.9 Å². The molecule has 0 bridgehead atoms. The molecule has 18 N–H and O–H groups in total. The van der Waals surface area contributed by atoms with E-state index in [1.807, 2.05) is 42.5 Å². The van der Waals surface area contributed by atoms with Gasteiger partial charge in [0.15, 0.2) is 0 Å². The average molecular weight is 1310 g/mol. The summed E-state index contributed by atoms with van der Waals surface area (Å²) >= 11 is 3.79. The van der Waals surface area contributed by atoms with Crippen LogP contribution in [0.2, 0.25) is 0 Å². The number of phenols is 1. The Morgan fingerprint density at radius 1 is 0.391 bits per heavy atom. The van der Waals surface area contributed by atoms with Gasteiger partial charge in [0.25, 0.3) is 0 Å². The molecule has 0 radical (unpaired) electrons. The van der Waals surface area contributed by atoms with E-state index in [-0.39, 0.29) is 94.2 Å². The van der Waals surface area contributed by atoms with E-state index in [1.54, 1.807) is 0 Å². The molecule has 0 unspecified atom stereocenters. The topological polar surface area (TPSA) is 504 Å². The number of carbonyl (C=O) groups is 13. The first kappa shape index (κ1) is 77.1. The van der Waals surface area contributed by atoms with Crippen LogP contribution in [0.3, 0.4) is 0 Å². The number of aryl methyl sites for hydroxylation is 1. The first-order valence-corrected chi connectivity index (χ1v) is 30.5. The van der Waals surface area contributed by atoms with Gasteiger partial charge in [-0.3, -0.25) is 43.2 Å². The van der Waals surface area contributed by atoms with Crippen LogP contribution < -0.4 is 53.2 Å². The first-order chi connectivity index (χ1) is 43.9. The summed E-state index contributed by atoms with van der Waals surface area (Å²) in [7, 11) is 0. The van der Waals surface area contributed by atoms with Crippen molar-refractivity contribution in [2.45, 2.75) is 157 Å². The molecule has 506 valence electrons. The van der Waals surface area contributed by atoms with E-state index in [2.05, 4.69) is 65.8 Å². The van der Waals surface area contributed by atoms with Crippen LogP contribution in [0.5, 0.6) is 5.75 Å². The van der Waals surface area contributed by atoms with Gasteiger partial charge in [0.2, 0.25) is 47.3 Å². The largest absolute Gasteiger partial charge is 0.508 e. The van der Waals surface area contributed by atoms with Gasteiger partial charge in [-0.05, 0) is 105 Å². The lowest BCUT2D eigenvalue weighted by Gasteiger charge is -2.27. The number of aromatic hydroxyl groups is 1. The van der Waals surface area contributed by atoms with Gasteiger partial charge in [-0.25, -0.2) is 19.2 Å². The van der Waals surface area contributed by atoms with Crippen LogP contribution in [0.15, 0.2) is 66.7 Å². The van der Waals surface area contributed by atoms with Crippen molar-refractivity contribution >= 4 is 101 Å². The minimum Gasteiger partial charge on any atom is -0.508 e. The molecule has 0 saturated heterocycles. The molecule has 32 heteroatoms. The molecule has 0 aromatic heterocycles. The molecular formula is C60H84N10O21S. The number of hydrogen-bond acceptors (Lipinski definition) is 18. The van der Waals surface area contributed by atoms with Crippen molar-refractivity contribution in [2.75, 3.05) is 38.7 Å². The second-order valence-electron chi connectivity index (χ2n) is 21.5. The number of aliphatic hydroxyl groups is 3. The predicted octanol–water partition coefficient (Wildman–Crippen LogP) is -1.40. The van der Waals surface area contributed by atoms with E-state index in [9.17, 15) is 98.1 Å². The molecule has 0 spiro atoms. The molecule has 0 fully saturated rings. The summed E-state index contributed by atoms with van der Waals surface area (Å²) in [5.41, 5.74) is 1.14. The van der Waals surface area contributed by atoms with E-state index in [0.717, 1.165) is 16.3 Å². The Hall–Kier alpha value is -9.14. The van der Waals surface area contributed by atoms with Gasteiger partial charge in [0.1, 0.15) is 54.1 Å². The van der Waals surface area contributed by atoms with Gasteiger partial charge in [0, 0.05) is 38.8 Å². The number of aliphatic carboxylic acids is 4. The minimum atomic E-state index is -1.82. The monoisotopic (exact) mass is 1310 g/mol. The van der Waals surface area contributed by atoms with Crippen molar-refractivity contribution < 1.29 is 103 Å². The highest BCUT2D eigenvalue weighted by Gasteiger charge is 2.34. The maximum atomic E-state index is 14.4. The standard InChI is InChI=1S/C60H84N10O21S/c71-31-45(63-50(77)34-92)54(82)67-47(33-73)56(84)68-46(32-72)55(83)66-44(30-36-18-22-39(74)23-19-36)53(81)64-40(24-20-35-17-21-37-11-5-6-12-38(37)29-35)52(80)65-41(57(85)86)13-7-9-27-61-48(75)15-3-1-2-4-16-49(76)62-28-10-8-14-42(58(87)88)69-60(91)70-43(59(89)90)25-26-51(78)79/h5-6,11-12,17-19,21-23,29,40-47,71-74,92H,1-4,7-10,13-16,20,24-28,30-34H2,(H,61,75)(H,62,76)(H,63,77)(H,64,81)(H,65,80)(H,66,83)(H,67,82)(H,68,84)(H,78,79)(H,85,86)(H,87,88)(H,89,90)(H2,69,70,91)/t40-,41-,42+,43+,44-,45+,46+,47+/m1/s1. The number of hydrogen-bond donors (Lipinski definition) is 19. The Balaban J connectivity index is 1.55. The summed E-state index contributed by atoms with van der Waals surface area (Å²) in [4.78, 5) is 164. The van der Waals surface area contributed by atoms with E-state index >= 15 is 0 Å².